The highest BCUT2D eigenvalue weighted by molar-refractivity contribution is 5.61. The summed E-state index contributed by atoms with van der Waals surface area (Å²) in [5, 5.41) is 0. The second-order valence-corrected chi connectivity index (χ2v) is 4.70. The third-order valence-electron chi connectivity index (χ3n) is 3.27. The summed E-state index contributed by atoms with van der Waals surface area (Å²) >= 11 is 0. The van der Waals surface area contributed by atoms with Gasteiger partial charge in [0, 0.05) is 24.3 Å². The number of hydrogen-bond acceptors (Lipinski definition) is 0. The zero-order valence-electron chi connectivity index (χ0n) is 11.0. The van der Waals surface area contributed by atoms with Crippen molar-refractivity contribution in [1.29, 1.82) is 0 Å². The third kappa shape index (κ3) is 2.55. The lowest BCUT2D eigenvalue weighted by Gasteiger charge is -2.01. The van der Waals surface area contributed by atoms with Crippen LogP contribution in [-0.4, -0.2) is 0 Å². The number of aromatic nitrogens is 1. The maximum Gasteiger partial charge on any atom is 0.210 e. The molecule has 92 valence electrons. The molecule has 0 aliphatic heterocycles. The molecule has 1 aromatic heterocycles. The Labute approximate surface area is 113 Å². The van der Waals surface area contributed by atoms with E-state index < -0.39 is 0 Å². The molecule has 0 bridgehead atoms. The fourth-order valence-electron chi connectivity index (χ4n) is 2.14. The molecule has 0 amide bonds. The van der Waals surface area contributed by atoms with Crippen molar-refractivity contribution in [3.63, 3.8) is 0 Å². The van der Waals surface area contributed by atoms with E-state index in [0.29, 0.717) is 0 Å². The molecule has 0 fully saturated rings. The fraction of sp³-hybridized carbons (Fsp3) is 0.0556. The Morgan fingerprint density at radius 2 is 1.21 bits per heavy atom. The number of benzene rings is 2. The van der Waals surface area contributed by atoms with Gasteiger partial charge < -0.3 is 0 Å². The van der Waals surface area contributed by atoms with Gasteiger partial charge >= 0.3 is 0 Å². The van der Waals surface area contributed by atoms with E-state index in [1.807, 2.05) is 6.07 Å². The van der Waals surface area contributed by atoms with Crippen LogP contribution in [0.4, 0.5) is 0 Å². The molecule has 1 heterocycles. The summed E-state index contributed by atoms with van der Waals surface area (Å²) in [6.45, 7) is 2.10. The molecule has 1 heteroatoms. The standard InChI is InChI=1S/C18H16N/c1-15-7-9-18(10-8-15)19-13-11-17(12-14-19)16-5-3-2-4-6-16/h2-14H,1H3/q+1. The summed E-state index contributed by atoms with van der Waals surface area (Å²) in [5.74, 6) is 0. The van der Waals surface area contributed by atoms with Gasteiger partial charge in [-0.2, -0.15) is 4.57 Å². The molecule has 0 unspecified atom stereocenters. The van der Waals surface area contributed by atoms with Crippen LogP contribution in [0.15, 0.2) is 79.1 Å². The lowest BCUT2D eigenvalue weighted by molar-refractivity contribution is -0.595. The monoisotopic (exact) mass is 246 g/mol. The zero-order valence-corrected chi connectivity index (χ0v) is 11.0. The molecule has 0 atom stereocenters. The van der Waals surface area contributed by atoms with E-state index in [1.54, 1.807) is 0 Å². The van der Waals surface area contributed by atoms with E-state index >= 15 is 0 Å². The van der Waals surface area contributed by atoms with Crippen LogP contribution in [0, 0.1) is 6.92 Å². The van der Waals surface area contributed by atoms with Gasteiger partial charge in [0.15, 0.2) is 12.4 Å². The predicted molar refractivity (Wildman–Crippen MR) is 78.1 cm³/mol. The van der Waals surface area contributed by atoms with Crippen LogP contribution in [-0.2, 0) is 0 Å². The van der Waals surface area contributed by atoms with Crippen molar-refractivity contribution in [2.45, 2.75) is 6.92 Å². The van der Waals surface area contributed by atoms with Crippen LogP contribution < -0.4 is 4.57 Å². The first kappa shape index (κ1) is 11.7. The van der Waals surface area contributed by atoms with Crippen molar-refractivity contribution in [1.82, 2.24) is 0 Å². The summed E-state index contributed by atoms with van der Waals surface area (Å²) in [7, 11) is 0. The van der Waals surface area contributed by atoms with Gasteiger partial charge in [0.1, 0.15) is 0 Å². The van der Waals surface area contributed by atoms with Crippen LogP contribution in [0.1, 0.15) is 5.56 Å². The lowest BCUT2D eigenvalue weighted by Crippen LogP contribution is -2.28. The van der Waals surface area contributed by atoms with E-state index in [1.165, 1.54) is 22.4 Å². The van der Waals surface area contributed by atoms with Gasteiger partial charge in [0.05, 0.1) is 0 Å². The number of hydrogen-bond donors (Lipinski definition) is 0. The van der Waals surface area contributed by atoms with Crippen LogP contribution >= 0.6 is 0 Å². The van der Waals surface area contributed by atoms with Crippen molar-refractivity contribution >= 4 is 0 Å². The molecule has 0 radical (unpaired) electrons. The molecule has 2 aromatic carbocycles. The average molecular weight is 246 g/mol. The number of nitrogens with zero attached hydrogens (tertiary/aromatic N) is 1. The maximum atomic E-state index is 2.15. The molecular formula is C18H16N+. The summed E-state index contributed by atoms with van der Waals surface area (Å²) in [5.41, 5.74) is 4.96. The van der Waals surface area contributed by atoms with Crippen molar-refractivity contribution in [2.75, 3.05) is 0 Å². The first-order valence-corrected chi connectivity index (χ1v) is 6.47. The highest BCUT2D eigenvalue weighted by atomic mass is 14.9. The zero-order chi connectivity index (χ0) is 13.1. The summed E-state index contributed by atoms with van der Waals surface area (Å²) < 4.78 is 2.13. The molecule has 0 N–H and O–H groups in total. The predicted octanol–water partition coefficient (Wildman–Crippen LogP) is 3.94. The molecule has 0 spiro atoms. The number of aryl methyl sites for hydroxylation is 1. The van der Waals surface area contributed by atoms with E-state index in [-0.39, 0.29) is 0 Å². The second-order valence-electron chi connectivity index (χ2n) is 4.70. The Morgan fingerprint density at radius 3 is 1.84 bits per heavy atom. The molecule has 0 aliphatic carbocycles. The molecule has 0 aliphatic rings. The molecule has 19 heavy (non-hydrogen) atoms. The van der Waals surface area contributed by atoms with Gasteiger partial charge in [-0.05, 0) is 18.1 Å². The summed E-state index contributed by atoms with van der Waals surface area (Å²) in [6.07, 6.45) is 4.21. The van der Waals surface area contributed by atoms with Gasteiger partial charge in [-0.15, -0.1) is 0 Å². The number of rotatable bonds is 2. The smallest absolute Gasteiger partial charge is 0.167 e. The van der Waals surface area contributed by atoms with Crippen LogP contribution in [0.5, 0.6) is 0 Å². The van der Waals surface area contributed by atoms with Crippen molar-refractivity contribution in [2.24, 2.45) is 0 Å². The molecule has 1 nitrogen and oxygen atoms in total. The van der Waals surface area contributed by atoms with E-state index in [9.17, 15) is 0 Å². The van der Waals surface area contributed by atoms with Gasteiger partial charge in [-0.1, -0.05) is 48.0 Å². The minimum atomic E-state index is 1.19. The van der Waals surface area contributed by atoms with Crippen molar-refractivity contribution in [3.8, 4) is 16.8 Å². The van der Waals surface area contributed by atoms with Gasteiger partial charge in [-0.3, -0.25) is 0 Å². The van der Waals surface area contributed by atoms with Crippen LogP contribution in [0.2, 0.25) is 0 Å². The Hall–Kier alpha value is -2.41. The Morgan fingerprint density at radius 1 is 0.632 bits per heavy atom. The Balaban J connectivity index is 1.93. The van der Waals surface area contributed by atoms with Gasteiger partial charge in [-0.25, -0.2) is 0 Å². The first-order chi connectivity index (χ1) is 9.33. The van der Waals surface area contributed by atoms with Gasteiger partial charge in [0.25, 0.3) is 0 Å². The normalized spacial score (nSPS) is 10.4. The van der Waals surface area contributed by atoms with Crippen LogP contribution in [0.25, 0.3) is 16.8 Å². The lowest BCUT2D eigenvalue weighted by atomic mass is 10.1. The minimum Gasteiger partial charge on any atom is -0.167 e. The largest absolute Gasteiger partial charge is 0.210 e. The second kappa shape index (κ2) is 5.07. The molecule has 3 aromatic rings. The quantitative estimate of drug-likeness (QED) is 0.603. The summed E-state index contributed by atoms with van der Waals surface area (Å²) in [6, 6.07) is 23.3. The topological polar surface area (TPSA) is 3.88 Å². The van der Waals surface area contributed by atoms with Crippen LogP contribution in [0.3, 0.4) is 0 Å². The SMILES string of the molecule is Cc1ccc(-[n+]2ccc(-c3ccccc3)cc2)cc1. The molecule has 0 saturated carbocycles. The Kier molecular flexibility index (Phi) is 3.11. The first-order valence-electron chi connectivity index (χ1n) is 6.47. The Bertz CT molecular complexity index is 652. The van der Waals surface area contributed by atoms with Crippen molar-refractivity contribution < 1.29 is 4.57 Å². The van der Waals surface area contributed by atoms with E-state index in [4.69, 9.17) is 0 Å². The molecule has 3 rings (SSSR count). The van der Waals surface area contributed by atoms with Crippen molar-refractivity contribution in [3.05, 3.63) is 84.7 Å². The van der Waals surface area contributed by atoms with E-state index in [0.717, 1.165) is 0 Å². The number of pyridine rings is 1. The average Bonchev–Trinajstić information content (AvgIpc) is 2.49. The summed E-state index contributed by atoms with van der Waals surface area (Å²) in [4.78, 5) is 0. The molecular weight excluding hydrogens is 230 g/mol. The minimum absolute atomic E-state index is 1.19. The molecule has 0 saturated heterocycles. The highest BCUT2D eigenvalue weighted by Crippen LogP contribution is 2.16. The van der Waals surface area contributed by atoms with Gasteiger partial charge in [0.2, 0.25) is 5.69 Å². The van der Waals surface area contributed by atoms with E-state index in [2.05, 4.69) is 84.5 Å². The highest BCUT2D eigenvalue weighted by Gasteiger charge is 2.05. The fourth-order valence-corrected chi connectivity index (χ4v) is 2.14. The third-order valence-corrected chi connectivity index (χ3v) is 3.27. The maximum absolute atomic E-state index is 2.15.